The molecule has 1 saturated heterocycles. The number of amides is 2. The van der Waals surface area contributed by atoms with Gasteiger partial charge in [0.2, 0.25) is 11.8 Å². The number of hydrogen-bond acceptors (Lipinski definition) is 3. The van der Waals surface area contributed by atoms with Gasteiger partial charge in [0.05, 0.1) is 23.0 Å². The van der Waals surface area contributed by atoms with Gasteiger partial charge in [0.25, 0.3) is 0 Å². The van der Waals surface area contributed by atoms with Crippen molar-refractivity contribution in [2.45, 2.75) is 12.8 Å². The number of carbonyl (C=O) groups excluding carboxylic acids is 2. The van der Waals surface area contributed by atoms with Crippen LogP contribution in [0.15, 0.2) is 55.1 Å². The van der Waals surface area contributed by atoms with E-state index < -0.39 is 11.6 Å². The van der Waals surface area contributed by atoms with Gasteiger partial charge in [-0.05, 0) is 43.2 Å². The van der Waals surface area contributed by atoms with Gasteiger partial charge >= 0.3 is 0 Å². The molecule has 2 aromatic carbocycles. The molecule has 0 radical (unpaired) electrons. The Morgan fingerprint density at radius 3 is 2.57 bits per heavy atom. The first kappa shape index (κ1) is 19.5. The van der Waals surface area contributed by atoms with Crippen LogP contribution in [0.5, 0.6) is 0 Å². The number of nitrogens with one attached hydrogen (secondary N) is 2. The van der Waals surface area contributed by atoms with Crippen LogP contribution in [0.25, 0.3) is 0 Å². The average molecular weight is 385 g/mol. The van der Waals surface area contributed by atoms with Gasteiger partial charge in [-0.1, -0.05) is 18.7 Å². The number of rotatable bonds is 5. The number of carbonyl (C=O) groups is 2. The molecular formula is C21H21F2N3O2. The van der Waals surface area contributed by atoms with E-state index in [1.807, 2.05) is 0 Å². The van der Waals surface area contributed by atoms with Crippen LogP contribution in [-0.4, -0.2) is 29.8 Å². The first-order chi connectivity index (χ1) is 13.5. The summed E-state index contributed by atoms with van der Waals surface area (Å²) in [6.07, 6.45) is 2.66. The SMILES string of the molecule is C=CC(=O)N1CCCC(C(=O)Nc2ccccc2Nc2ccc(F)cc2F)C1. The summed E-state index contributed by atoms with van der Waals surface area (Å²) in [5.74, 6) is -2.14. The molecule has 28 heavy (non-hydrogen) atoms. The van der Waals surface area contributed by atoms with Gasteiger partial charge in [-0.2, -0.15) is 0 Å². The fraction of sp³-hybridized carbons (Fsp3) is 0.238. The van der Waals surface area contributed by atoms with E-state index in [0.717, 1.165) is 18.6 Å². The molecular weight excluding hydrogens is 364 g/mol. The second kappa shape index (κ2) is 8.65. The maximum atomic E-state index is 13.9. The molecule has 1 aliphatic heterocycles. The van der Waals surface area contributed by atoms with Crippen molar-refractivity contribution in [2.75, 3.05) is 23.7 Å². The van der Waals surface area contributed by atoms with Gasteiger partial charge in [0.1, 0.15) is 11.6 Å². The third-order valence-electron chi connectivity index (χ3n) is 4.66. The minimum absolute atomic E-state index is 0.100. The maximum Gasteiger partial charge on any atom is 0.245 e. The first-order valence-corrected chi connectivity index (χ1v) is 9.01. The minimum Gasteiger partial charge on any atom is -0.351 e. The zero-order chi connectivity index (χ0) is 20.1. The molecule has 3 rings (SSSR count). The summed E-state index contributed by atoms with van der Waals surface area (Å²) in [5.41, 5.74) is 1.06. The average Bonchev–Trinajstić information content (AvgIpc) is 2.70. The highest BCUT2D eigenvalue weighted by Crippen LogP contribution is 2.28. The lowest BCUT2D eigenvalue weighted by Crippen LogP contribution is -2.43. The topological polar surface area (TPSA) is 61.4 Å². The molecule has 0 aromatic heterocycles. The van der Waals surface area contributed by atoms with Gasteiger partial charge in [0, 0.05) is 19.2 Å². The van der Waals surface area contributed by atoms with Crippen molar-refractivity contribution in [1.82, 2.24) is 4.90 Å². The number of piperidine rings is 1. The Morgan fingerprint density at radius 1 is 1.11 bits per heavy atom. The fourth-order valence-electron chi connectivity index (χ4n) is 3.19. The Hall–Kier alpha value is -3.22. The first-order valence-electron chi connectivity index (χ1n) is 9.01. The molecule has 1 aliphatic rings. The van der Waals surface area contributed by atoms with Crippen molar-refractivity contribution >= 4 is 28.9 Å². The monoisotopic (exact) mass is 385 g/mol. The van der Waals surface area contributed by atoms with Gasteiger partial charge < -0.3 is 15.5 Å². The molecule has 2 N–H and O–H groups in total. The highest BCUT2D eigenvalue weighted by Gasteiger charge is 2.27. The van der Waals surface area contributed by atoms with E-state index in [-0.39, 0.29) is 23.4 Å². The van der Waals surface area contributed by atoms with E-state index in [1.54, 1.807) is 29.2 Å². The number of nitrogens with zero attached hydrogens (tertiary/aromatic N) is 1. The Morgan fingerprint density at radius 2 is 1.86 bits per heavy atom. The van der Waals surface area contributed by atoms with E-state index >= 15 is 0 Å². The summed E-state index contributed by atoms with van der Waals surface area (Å²) >= 11 is 0. The summed E-state index contributed by atoms with van der Waals surface area (Å²) in [4.78, 5) is 26.1. The maximum absolute atomic E-state index is 13.9. The highest BCUT2D eigenvalue weighted by molar-refractivity contribution is 5.97. The van der Waals surface area contributed by atoms with Crippen molar-refractivity contribution in [3.05, 3.63) is 66.8 Å². The number of likely N-dealkylation sites (tertiary alicyclic amines) is 1. The number of anilines is 3. The summed E-state index contributed by atoms with van der Waals surface area (Å²) < 4.78 is 27.0. The molecule has 1 heterocycles. The van der Waals surface area contributed by atoms with E-state index in [4.69, 9.17) is 0 Å². The summed E-state index contributed by atoms with van der Waals surface area (Å²) in [7, 11) is 0. The van der Waals surface area contributed by atoms with Crippen LogP contribution in [0.2, 0.25) is 0 Å². The Balaban J connectivity index is 1.73. The smallest absolute Gasteiger partial charge is 0.245 e. The summed E-state index contributed by atoms with van der Waals surface area (Å²) in [6, 6.07) is 10.1. The standard InChI is InChI=1S/C21H21F2N3O2/c1-2-20(27)26-11-5-6-14(13-26)21(28)25-19-8-4-3-7-18(19)24-17-10-9-15(22)12-16(17)23/h2-4,7-10,12,14,24H,1,5-6,11,13H2,(H,25,28). The minimum atomic E-state index is -0.730. The Bertz CT molecular complexity index is 901. The summed E-state index contributed by atoms with van der Waals surface area (Å²) in [5, 5.41) is 5.73. The zero-order valence-electron chi connectivity index (χ0n) is 15.3. The molecule has 2 aromatic rings. The molecule has 7 heteroatoms. The largest absolute Gasteiger partial charge is 0.351 e. The van der Waals surface area contributed by atoms with Crippen LogP contribution in [-0.2, 0) is 9.59 Å². The van der Waals surface area contributed by atoms with Crippen molar-refractivity contribution < 1.29 is 18.4 Å². The molecule has 0 bridgehead atoms. The third-order valence-corrected chi connectivity index (χ3v) is 4.66. The van der Waals surface area contributed by atoms with Crippen LogP contribution >= 0.6 is 0 Å². The van der Waals surface area contributed by atoms with Crippen LogP contribution in [0, 0.1) is 17.6 Å². The quantitative estimate of drug-likeness (QED) is 0.763. The van der Waals surface area contributed by atoms with E-state index in [9.17, 15) is 18.4 Å². The van der Waals surface area contributed by atoms with Crippen LogP contribution in [0.3, 0.4) is 0 Å². The van der Waals surface area contributed by atoms with Gasteiger partial charge in [-0.25, -0.2) is 8.78 Å². The second-order valence-electron chi connectivity index (χ2n) is 6.61. The zero-order valence-corrected chi connectivity index (χ0v) is 15.3. The van der Waals surface area contributed by atoms with Crippen molar-refractivity contribution in [2.24, 2.45) is 5.92 Å². The van der Waals surface area contributed by atoms with E-state index in [0.29, 0.717) is 30.9 Å². The predicted molar refractivity (Wildman–Crippen MR) is 104 cm³/mol. The summed E-state index contributed by atoms with van der Waals surface area (Å²) in [6.45, 7) is 4.42. The number of para-hydroxylation sites is 2. The molecule has 1 unspecified atom stereocenters. The second-order valence-corrected chi connectivity index (χ2v) is 6.61. The van der Waals surface area contributed by atoms with E-state index in [2.05, 4.69) is 17.2 Å². The number of hydrogen-bond donors (Lipinski definition) is 2. The highest BCUT2D eigenvalue weighted by atomic mass is 19.1. The Labute approximate surface area is 162 Å². The number of halogens is 2. The normalized spacial score (nSPS) is 16.4. The molecule has 0 saturated carbocycles. The van der Waals surface area contributed by atoms with Crippen molar-refractivity contribution in [3.8, 4) is 0 Å². The van der Waals surface area contributed by atoms with Gasteiger partial charge in [-0.3, -0.25) is 9.59 Å². The molecule has 0 aliphatic carbocycles. The van der Waals surface area contributed by atoms with Crippen LogP contribution < -0.4 is 10.6 Å². The third kappa shape index (κ3) is 4.54. The number of benzene rings is 2. The fourth-order valence-corrected chi connectivity index (χ4v) is 3.19. The van der Waals surface area contributed by atoms with Gasteiger partial charge in [0.15, 0.2) is 0 Å². The lowest BCUT2D eigenvalue weighted by Gasteiger charge is -2.31. The van der Waals surface area contributed by atoms with E-state index in [1.165, 1.54) is 12.1 Å². The Kier molecular flexibility index (Phi) is 6.03. The molecule has 146 valence electrons. The molecule has 1 fully saturated rings. The van der Waals surface area contributed by atoms with Crippen molar-refractivity contribution in [1.29, 1.82) is 0 Å². The van der Waals surface area contributed by atoms with Gasteiger partial charge in [-0.15, -0.1) is 0 Å². The predicted octanol–water partition coefficient (Wildman–Crippen LogP) is 4.07. The van der Waals surface area contributed by atoms with Crippen LogP contribution in [0.1, 0.15) is 12.8 Å². The lowest BCUT2D eigenvalue weighted by molar-refractivity contribution is -0.130. The van der Waals surface area contributed by atoms with Crippen LogP contribution in [0.4, 0.5) is 25.8 Å². The molecule has 5 nitrogen and oxygen atoms in total. The van der Waals surface area contributed by atoms with Crippen molar-refractivity contribution in [3.63, 3.8) is 0 Å². The lowest BCUT2D eigenvalue weighted by atomic mass is 9.97. The molecule has 1 atom stereocenters. The molecule has 2 amide bonds. The molecule has 0 spiro atoms.